The average molecular weight is 1210 g/mol. The molecule has 0 aliphatic carbocycles. The zero-order valence-corrected chi connectivity index (χ0v) is 62.9. The molecule has 0 bridgehead atoms. The molecule has 4 nitrogen and oxygen atoms in total. The Morgan fingerprint density at radius 1 is 0.365 bits per heavy atom. The molecule has 0 aliphatic rings. The second kappa shape index (κ2) is 28.0. The lowest BCUT2D eigenvalue weighted by atomic mass is 9.85. The number of aromatic nitrogens is 4. The van der Waals surface area contributed by atoms with Crippen molar-refractivity contribution in [1.29, 1.82) is 0 Å². The van der Waals surface area contributed by atoms with E-state index in [0.717, 1.165) is 6.42 Å². The molecule has 85 heavy (non-hydrogen) atoms. The van der Waals surface area contributed by atoms with Gasteiger partial charge in [0.1, 0.15) is 28.2 Å². The van der Waals surface area contributed by atoms with Crippen LogP contribution in [0.25, 0.3) is 45.0 Å². The van der Waals surface area contributed by atoms with E-state index in [0.29, 0.717) is 11.8 Å². The third-order valence-electron chi connectivity index (χ3n) is 16.7. The van der Waals surface area contributed by atoms with Crippen LogP contribution in [-0.2, 0) is 40.0 Å². The lowest BCUT2D eigenvalue weighted by Crippen LogP contribution is -2.46. The standard InChI is InChI=1S/2C20H30NSi.C19H28NSi.C18H26NSi/c1-15-13-16(20(2,3)4)9-11-18(15)19-12-10-17(14-21(19)5)22(6,7)8;1-15(2)12-17-8-10-19(16(3)13-17)20-11-9-18(14-21(20)4)22(5,6)7;1-14(2)16-8-10-18(15(3)12-16)19-11-9-17(13-20(19)4)21(5,6)7;1-13-8-9-14(2)16(10-13)17-11-15(3)18(12-19(17)4)20(5,6)7/h9-14H,1-8H3;8-11,13-15H,12H2,1-7H3;8-14H,1-7H3;8-12H,1-7H3/q4*+1. The number of nitrogens with zero attached hydrogens (tertiary/aromatic N) is 4. The predicted octanol–water partition coefficient (Wildman–Crippen LogP) is 16.4. The fraction of sp³-hybridized carbons (Fsp3) is 0.429. The Labute approximate surface area is 523 Å². The van der Waals surface area contributed by atoms with Gasteiger partial charge in [-0.15, -0.1) is 0 Å². The van der Waals surface area contributed by atoms with Gasteiger partial charge in [-0.2, -0.15) is 0 Å². The first kappa shape index (κ1) is 70.1. The quantitative estimate of drug-likeness (QED) is 0.0906. The van der Waals surface area contributed by atoms with Crippen LogP contribution in [0.2, 0.25) is 78.6 Å². The maximum absolute atomic E-state index is 2.41. The summed E-state index contributed by atoms with van der Waals surface area (Å²) in [4.78, 5) is 0. The third kappa shape index (κ3) is 18.9. The molecule has 8 aromatic rings. The predicted molar refractivity (Wildman–Crippen MR) is 384 cm³/mol. The molecule has 4 aromatic carbocycles. The molecule has 4 heterocycles. The summed E-state index contributed by atoms with van der Waals surface area (Å²) >= 11 is 0. The van der Waals surface area contributed by atoms with E-state index >= 15 is 0 Å². The van der Waals surface area contributed by atoms with E-state index in [1.54, 1.807) is 5.19 Å². The first-order valence-corrected chi connectivity index (χ1v) is 45.5. The Morgan fingerprint density at radius 3 is 1.14 bits per heavy atom. The summed E-state index contributed by atoms with van der Waals surface area (Å²) in [6, 6.07) is 43.5. The molecule has 0 atom stereocenters. The van der Waals surface area contributed by atoms with E-state index in [1.165, 1.54) is 111 Å². The van der Waals surface area contributed by atoms with E-state index < -0.39 is 32.3 Å². The highest BCUT2D eigenvalue weighted by Crippen LogP contribution is 2.30. The van der Waals surface area contributed by atoms with Crippen molar-refractivity contribution < 1.29 is 18.3 Å². The van der Waals surface area contributed by atoms with Gasteiger partial charge in [0.25, 0.3) is 0 Å². The molecule has 0 radical (unpaired) electrons. The molecule has 0 unspecified atom stereocenters. The van der Waals surface area contributed by atoms with Gasteiger partial charge in [0.2, 0.25) is 22.8 Å². The van der Waals surface area contributed by atoms with Crippen LogP contribution in [0.4, 0.5) is 0 Å². The van der Waals surface area contributed by atoms with Crippen LogP contribution >= 0.6 is 0 Å². The largest absolute Gasteiger partial charge is 0.212 e. The van der Waals surface area contributed by atoms with Gasteiger partial charge in [-0.1, -0.05) is 199 Å². The van der Waals surface area contributed by atoms with Gasteiger partial charge >= 0.3 is 0 Å². The maximum atomic E-state index is 2.41. The van der Waals surface area contributed by atoms with Crippen molar-refractivity contribution >= 4 is 53.0 Å². The zero-order chi connectivity index (χ0) is 64.1. The fourth-order valence-electron chi connectivity index (χ4n) is 11.2. The Balaban J connectivity index is 0.000000207. The van der Waals surface area contributed by atoms with Crippen molar-refractivity contribution in [2.75, 3.05) is 0 Å². The summed E-state index contributed by atoms with van der Waals surface area (Å²) in [5.74, 6) is 1.29. The molecule has 0 fully saturated rings. The van der Waals surface area contributed by atoms with Crippen LogP contribution < -0.4 is 39.0 Å². The van der Waals surface area contributed by atoms with Crippen LogP contribution in [-0.4, -0.2) is 32.3 Å². The van der Waals surface area contributed by atoms with E-state index in [2.05, 4.69) is 355 Å². The minimum atomic E-state index is -1.28. The monoisotopic (exact) mass is 1210 g/mol. The average Bonchev–Trinajstić information content (AvgIpc) is 3.12. The first-order chi connectivity index (χ1) is 39.1. The molecule has 8 heteroatoms. The molecule has 454 valence electrons. The minimum Gasteiger partial charge on any atom is -0.201 e. The molecule has 0 saturated heterocycles. The van der Waals surface area contributed by atoms with E-state index in [-0.39, 0.29) is 5.41 Å². The van der Waals surface area contributed by atoms with Gasteiger partial charge < -0.3 is 0 Å². The summed E-state index contributed by atoms with van der Waals surface area (Å²) in [6.07, 6.45) is 10.5. The lowest BCUT2D eigenvalue weighted by Gasteiger charge is -2.20. The molecule has 0 amide bonds. The number of hydrogen-bond donors (Lipinski definition) is 0. The molecule has 8 rings (SSSR count). The molecular weight excluding hydrogens is 1090 g/mol. The first-order valence-electron chi connectivity index (χ1n) is 31.5. The Bertz CT molecular complexity index is 3550. The summed E-state index contributed by atoms with van der Waals surface area (Å²) in [5, 5.41) is 6.06. The number of benzene rings is 4. The summed E-state index contributed by atoms with van der Waals surface area (Å²) in [6.45, 7) is 57.9. The van der Waals surface area contributed by atoms with Gasteiger partial charge in [-0.25, -0.2) is 18.3 Å². The normalized spacial score (nSPS) is 12.1. The van der Waals surface area contributed by atoms with Crippen LogP contribution in [0.15, 0.2) is 140 Å². The Kier molecular flexibility index (Phi) is 23.1. The van der Waals surface area contributed by atoms with E-state index in [4.69, 9.17) is 0 Å². The van der Waals surface area contributed by atoms with Gasteiger partial charge in [0.05, 0.1) is 32.3 Å². The van der Waals surface area contributed by atoms with Crippen molar-refractivity contribution in [3.8, 4) is 45.0 Å². The van der Waals surface area contributed by atoms with Crippen molar-refractivity contribution in [3.05, 3.63) is 190 Å². The molecule has 0 aliphatic heterocycles. The van der Waals surface area contributed by atoms with Gasteiger partial charge in [0, 0.05) is 67.3 Å². The number of rotatable bonds is 11. The van der Waals surface area contributed by atoms with Crippen molar-refractivity contribution in [2.45, 2.75) is 186 Å². The minimum absolute atomic E-state index is 0.202. The molecule has 0 spiro atoms. The molecule has 0 N–H and O–H groups in total. The third-order valence-corrected chi connectivity index (χ3v) is 25.0. The zero-order valence-electron chi connectivity index (χ0n) is 58.9. The van der Waals surface area contributed by atoms with Crippen molar-refractivity contribution in [1.82, 2.24) is 0 Å². The van der Waals surface area contributed by atoms with Crippen LogP contribution in [0.3, 0.4) is 0 Å². The Hall–Kier alpha value is -5.65. The maximum Gasteiger partial charge on any atom is 0.212 e. The summed E-state index contributed by atoms with van der Waals surface area (Å²) in [7, 11) is 3.63. The molecular formula is C77H114N4Si4+4. The van der Waals surface area contributed by atoms with E-state index in [1.807, 2.05) is 0 Å². The van der Waals surface area contributed by atoms with Crippen LogP contribution in [0.1, 0.15) is 104 Å². The van der Waals surface area contributed by atoms with Gasteiger partial charge in [-0.05, 0) is 134 Å². The summed E-state index contributed by atoms with van der Waals surface area (Å²) < 4.78 is 9.15. The second-order valence-electron chi connectivity index (χ2n) is 30.7. The molecule has 0 saturated carbocycles. The molecule has 4 aromatic heterocycles. The lowest BCUT2D eigenvalue weighted by molar-refractivity contribution is -0.659. The fourth-order valence-corrected chi connectivity index (χ4v) is 16.5. The van der Waals surface area contributed by atoms with E-state index in [9.17, 15) is 0 Å². The second-order valence-corrected chi connectivity index (χ2v) is 51.0. The summed E-state index contributed by atoms with van der Waals surface area (Å²) in [5.41, 5.74) is 23.2. The SMILES string of the molecule is Cc1cc(C(C)(C)C)ccc1-c1ccc([Si](C)(C)C)c[n+]1C.Cc1cc(C(C)C)ccc1-c1ccc([Si](C)(C)C)c[n+]1C.Cc1cc(CC(C)C)ccc1-c1ccc([Si](C)(C)C)c[n+]1C.Cc1ccc(C)c(-c2cc(C)c([Si](C)(C)C)c[n+]2C)c1. The number of aryl methyl sites for hydroxylation is 10. The highest BCUT2D eigenvalue weighted by Gasteiger charge is 2.27. The van der Waals surface area contributed by atoms with Gasteiger partial charge in [-0.3, -0.25) is 0 Å². The van der Waals surface area contributed by atoms with Crippen molar-refractivity contribution in [3.63, 3.8) is 0 Å². The Morgan fingerprint density at radius 2 is 0.776 bits per heavy atom. The highest BCUT2D eigenvalue weighted by molar-refractivity contribution is 6.90. The van der Waals surface area contributed by atoms with Gasteiger partial charge in [0.15, 0.2) is 24.8 Å². The topological polar surface area (TPSA) is 15.5 Å². The van der Waals surface area contributed by atoms with Crippen LogP contribution in [0, 0.1) is 47.5 Å². The van der Waals surface area contributed by atoms with Crippen LogP contribution in [0.5, 0.6) is 0 Å². The number of pyridine rings is 4. The number of hydrogen-bond acceptors (Lipinski definition) is 0. The highest BCUT2D eigenvalue weighted by atomic mass is 28.3. The van der Waals surface area contributed by atoms with Crippen molar-refractivity contribution in [2.24, 2.45) is 34.1 Å². The smallest absolute Gasteiger partial charge is 0.201 e.